The first-order chi connectivity index (χ1) is 13.5. The normalized spacial score (nSPS) is 15.2. The molecule has 0 unspecified atom stereocenters. The van der Waals surface area contributed by atoms with Crippen molar-refractivity contribution >= 4 is 21.4 Å². The van der Waals surface area contributed by atoms with Gasteiger partial charge in [-0.1, -0.05) is 30.1 Å². The highest BCUT2D eigenvalue weighted by Crippen LogP contribution is 2.34. The molecule has 1 saturated carbocycles. The Kier molecular flexibility index (Phi) is 5.47. The van der Waals surface area contributed by atoms with E-state index in [9.17, 15) is 8.42 Å². The zero-order valence-electron chi connectivity index (χ0n) is 15.4. The maximum absolute atomic E-state index is 12.6. The van der Waals surface area contributed by atoms with E-state index in [2.05, 4.69) is 14.9 Å². The zero-order valence-corrected chi connectivity index (χ0v) is 17.1. The topological polar surface area (TPSA) is 94.3 Å². The van der Waals surface area contributed by atoms with Crippen molar-refractivity contribution in [3.8, 4) is 17.1 Å². The molecule has 2 heterocycles. The van der Waals surface area contributed by atoms with Crippen molar-refractivity contribution in [3.05, 3.63) is 47.2 Å². The third kappa shape index (κ3) is 4.11. The molecule has 0 saturated heterocycles. The van der Waals surface area contributed by atoms with Gasteiger partial charge in [0.25, 0.3) is 0 Å². The summed E-state index contributed by atoms with van der Waals surface area (Å²) in [5.41, 5.74) is 1.50. The van der Waals surface area contributed by atoms with Crippen LogP contribution in [-0.4, -0.2) is 25.7 Å². The second-order valence-corrected chi connectivity index (χ2v) is 9.67. The molecule has 0 spiro atoms. The Balaban J connectivity index is 1.44. The first-order valence-corrected chi connectivity index (χ1v) is 11.5. The van der Waals surface area contributed by atoms with Gasteiger partial charge in [-0.15, -0.1) is 11.3 Å². The minimum atomic E-state index is -3.62. The summed E-state index contributed by atoms with van der Waals surface area (Å²) in [6.07, 6.45) is 4.51. The number of hydrogen-bond acceptors (Lipinski definition) is 7. The summed E-state index contributed by atoms with van der Waals surface area (Å²) in [5.74, 6) is 2.15. The van der Waals surface area contributed by atoms with Crippen LogP contribution in [0.2, 0.25) is 0 Å². The Morgan fingerprint density at radius 1 is 1.25 bits per heavy atom. The van der Waals surface area contributed by atoms with Crippen molar-refractivity contribution in [3.63, 3.8) is 0 Å². The zero-order chi connectivity index (χ0) is 19.6. The molecule has 0 aliphatic heterocycles. The van der Waals surface area contributed by atoms with Crippen LogP contribution >= 0.6 is 11.3 Å². The van der Waals surface area contributed by atoms with Gasteiger partial charge < -0.3 is 9.26 Å². The van der Waals surface area contributed by atoms with E-state index in [1.54, 1.807) is 30.7 Å². The van der Waals surface area contributed by atoms with E-state index in [-0.39, 0.29) is 10.8 Å². The monoisotopic (exact) mass is 419 g/mol. The van der Waals surface area contributed by atoms with E-state index in [1.165, 1.54) is 12.8 Å². The SMILES string of the molecule is COc1ccc(CNS(=O)(=O)c2cc(-c3noc(C4CCCC4)n3)cs2)cc1. The van der Waals surface area contributed by atoms with Crippen LogP contribution in [0.5, 0.6) is 5.75 Å². The van der Waals surface area contributed by atoms with E-state index >= 15 is 0 Å². The molecule has 28 heavy (non-hydrogen) atoms. The van der Waals surface area contributed by atoms with Crippen molar-refractivity contribution in [1.82, 2.24) is 14.9 Å². The van der Waals surface area contributed by atoms with E-state index in [4.69, 9.17) is 9.26 Å². The molecule has 0 bridgehead atoms. The molecule has 9 heteroatoms. The second-order valence-electron chi connectivity index (χ2n) is 6.76. The standard InChI is InChI=1S/C19H21N3O4S2/c1-25-16-8-6-13(7-9-16)11-20-28(23,24)17-10-15(12-27-17)18-21-19(26-22-18)14-4-2-3-5-14/h6-10,12,14,20H,2-5,11H2,1H3. The molecule has 1 N–H and O–H groups in total. The summed E-state index contributed by atoms with van der Waals surface area (Å²) >= 11 is 1.14. The summed E-state index contributed by atoms with van der Waals surface area (Å²) in [4.78, 5) is 4.47. The van der Waals surface area contributed by atoms with Gasteiger partial charge in [-0.2, -0.15) is 4.98 Å². The molecule has 1 aromatic carbocycles. The van der Waals surface area contributed by atoms with Gasteiger partial charge >= 0.3 is 0 Å². The molecule has 1 fully saturated rings. The summed E-state index contributed by atoms with van der Waals surface area (Å²) in [7, 11) is -2.03. The van der Waals surface area contributed by atoms with Crippen molar-refractivity contribution in [2.45, 2.75) is 42.4 Å². The number of methoxy groups -OCH3 is 1. The van der Waals surface area contributed by atoms with Crippen LogP contribution in [0.4, 0.5) is 0 Å². The number of hydrogen-bond donors (Lipinski definition) is 1. The average Bonchev–Trinajstić information content (AvgIpc) is 3.47. The molecule has 7 nitrogen and oxygen atoms in total. The number of nitrogens with zero attached hydrogens (tertiary/aromatic N) is 2. The minimum absolute atomic E-state index is 0.202. The maximum atomic E-state index is 12.6. The first kappa shape index (κ1) is 19.1. The lowest BCUT2D eigenvalue weighted by molar-refractivity contribution is 0.354. The lowest BCUT2D eigenvalue weighted by atomic mass is 10.1. The minimum Gasteiger partial charge on any atom is -0.497 e. The van der Waals surface area contributed by atoms with Gasteiger partial charge in [0.05, 0.1) is 7.11 Å². The van der Waals surface area contributed by atoms with Crippen LogP contribution in [0, 0.1) is 0 Å². The molecule has 2 aromatic heterocycles. The van der Waals surface area contributed by atoms with Crippen molar-refractivity contribution in [1.29, 1.82) is 0 Å². The smallest absolute Gasteiger partial charge is 0.250 e. The molecule has 3 aromatic rings. The van der Waals surface area contributed by atoms with Gasteiger partial charge in [0.15, 0.2) is 0 Å². The third-order valence-corrected chi connectivity index (χ3v) is 7.71. The molecular weight excluding hydrogens is 398 g/mol. The Hall–Kier alpha value is -2.23. The van der Waals surface area contributed by atoms with Gasteiger partial charge in [-0.3, -0.25) is 0 Å². The molecule has 0 atom stereocenters. The Morgan fingerprint density at radius 3 is 2.71 bits per heavy atom. The van der Waals surface area contributed by atoms with Crippen LogP contribution in [-0.2, 0) is 16.6 Å². The van der Waals surface area contributed by atoms with Gasteiger partial charge in [0.2, 0.25) is 21.7 Å². The largest absolute Gasteiger partial charge is 0.497 e. The lowest BCUT2D eigenvalue weighted by Gasteiger charge is -2.06. The highest BCUT2D eigenvalue weighted by Gasteiger charge is 2.24. The number of aromatic nitrogens is 2. The van der Waals surface area contributed by atoms with E-state index in [0.717, 1.165) is 35.5 Å². The molecule has 1 aliphatic rings. The van der Waals surface area contributed by atoms with Crippen LogP contribution in [0.25, 0.3) is 11.4 Å². The first-order valence-electron chi connectivity index (χ1n) is 9.10. The predicted molar refractivity (Wildman–Crippen MR) is 106 cm³/mol. The Labute approximate surface area is 167 Å². The van der Waals surface area contributed by atoms with Gasteiger partial charge in [-0.25, -0.2) is 13.1 Å². The van der Waals surface area contributed by atoms with Gasteiger partial charge in [0, 0.05) is 23.4 Å². The van der Waals surface area contributed by atoms with Crippen LogP contribution in [0.15, 0.2) is 44.4 Å². The highest BCUT2D eigenvalue weighted by molar-refractivity contribution is 7.91. The fourth-order valence-electron chi connectivity index (χ4n) is 3.26. The number of rotatable bonds is 7. The van der Waals surface area contributed by atoms with Crippen molar-refractivity contribution in [2.75, 3.05) is 7.11 Å². The van der Waals surface area contributed by atoms with Crippen LogP contribution in [0.3, 0.4) is 0 Å². The summed E-state index contributed by atoms with van der Waals surface area (Å²) in [6, 6.07) is 8.83. The molecule has 4 rings (SSSR count). The summed E-state index contributed by atoms with van der Waals surface area (Å²) < 4.78 is 38.5. The lowest BCUT2D eigenvalue weighted by Crippen LogP contribution is -2.22. The van der Waals surface area contributed by atoms with Crippen LogP contribution < -0.4 is 9.46 Å². The molecule has 0 amide bonds. The van der Waals surface area contributed by atoms with Crippen molar-refractivity contribution in [2.24, 2.45) is 0 Å². The molecule has 1 aliphatic carbocycles. The number of sulfonamides is 1. The van der Waals surface area contributed by atoms with E-state index in [0.29, 0.717) is 23.2 Å². The Morgan fingerprint density at radius 2 is 2.00 bits per heavy atom. The quantitative estimate of drug-likeness (QED) is 0.623. The number of nitrogens with one attached hydrogen (secondary N) is 1. The molecular formula is C19H21N3O4S2. The Bertz CT molecular complexity index is 1040. The molecule has 0 radical (unpaired) electrons. The average molecular weight is 420 g/mol. The third-order valence-electron chi connectivity index (χ3n) is 4.87. The molecule has 148 valence electrons. The van der Waals surface area contributed by atoms with Gasteiger partial charge in [-0.05, 0) is 36.6 Å². The van der Waals surface area contributed by atoms with E-state index in [1.807, 2.05) is 12.1 Å². The van der Waals surface area contributed by atoms with Gasteiger partial charge in [0.1, 0.15) is 9.96 Å². The maximum Gasteiger partial charge on any atom is 0.250 e. The number of thiophene rings is 1. The highest BCUT2D eigenvalue weighted by atomic mass is 32.2. The number of benzene rings is 1. The summed E-state index contributed by atoms with van der Waals surface area (Å²) in [6.45, 7) is 0.202. The second kappa shape index (κ2) is 8.02. The van der Waals surface area contributed by atoms with E-state index < -0.39 is 10.0 Å². The van der Waals surface area contributed by atoms with Crippen LogP contribution in [0.1, 0.15) is 43.1 Å². The fourth-order valence-corrected chi connectivity index (χ4v) is 5.48. The predicted octanol–water partition coefficient (Wildman–Crippen LogP) is 3.94. The number of ether oxygens (including phenoxy) is 1. The summed E-state index contributed by atoms with van der Waals surface area (Å²) in [5, 5.41) is 5.77. The van der Waals surface area contributed by atoms with Crippen molar-refractivity contribution < 1.29 is 17.7 Å². The fraction of sp³-hybridized carbons (Fsp3) is 0.368.